The number of carbonyl (C=O) groups excluding carboxylic acids is 1. The van der Waals surface area contributed by atoms with E-state index in [2.05, 4.69) is 39.1 Å². The van der Waals surface area contributed by atoms with Gasteiger partial charge in [-0.05, 0) is 67.7 Å². The van der Waals surface area contributed by atoms with Crippen LogP contribution in [0.5, 0.6) is 0 Å². The van der Waals surface area contributed by atoms with Crippen molar-refractivity contribution in [1.29, 1.82) is 5.26 Å². The number of nitrogens with zero attached hydrogens (tertiary/aromatic N) is 3. The number of amides is 1. The molecule has 7 heteroatoms. The smallest absolute Gasteiger partial charge is 0.246 e. The Morgan fingerprint density at radius 3 is 2.83 bits per heavy atom. The molecule has 5 nitrogen and oxygen atoms in total. The number of rotatable bonds is 3. The SMILES string of the molecule is Cc1nn(CC(=O)Nc2sc3c(c2C#N)CCCC3)c(C)c1I. The number of hydrogen-bond donors (Lipinski definition) is 1. The maximum atomic E-state index is 12.4. The van der Waals surface area contributed by atoms with Crippen molar-refractivity contribution in [1.82, 2.24) is 9.78 Å². The molecule has 1 aliphatic rings. The predicted octanol–water partition coefficient (Wildman–Crippen LogP) is 3.56. The van der Waals surface area contributed by atoms with Crippen LogP contribution in [0.2, 0.25) is 0 Å². The second-order valence-corrected chi connectivity index (χ2v) is 7.90. The van der Waals surface area contributed by atoms with Crippen LogP contribution in [0.3, 0.4) is 0 Å². The summed E-state index contributed by atoms with van der Waals surface area (Å²) in [6.07, 6.45) is 4.24. The highest BCUT2D eigenvalue weighted by atomic mass is 127. The van der Waals surface area contributed by atoms with E-state index < -0.39 is 0 Å². The molecule has 0 fully saturated rings. The predicted molar refractivity (Wildman–Crippen MR) is 98.7 cm³/mol. The van der Waals surface area contributed by atoms with Gasteiger partial charge in [0.2, 0.25) is 5.91 Å². The number of halogens is 1. The molecular weight excluding hydrogens is 423 g/mol. The fourth-order valence-corrected chi connectivity index (χ4v) is 4.55. The van der Waals surface area contributed by atoms with Crippen molar-refractivity contribution in [3.8, 4) is 6.07 Å². The zero-order valence-electron chi connectivity index (χ0n) is 13.1. The first-order valence-corrected chi connectivity index (χ1v) is 9.44. The molecule has 0 bridgehead atoms. The normalized spacial score (nSPS) is 13.5. The van der Waals surface area contributed by atoms with Crippen molar-refractivity contribution in [3.63, 3.8) is 0 Å². The highest BCUT2D eigenvalue weighted by Crippen LogP contribution is 2.37. The molecule has 1 aliphatic carbocycles. The minimum Gasteiger partial charge on any atom is -0.315 e. The van der Waals surface area contributed by atoms with Gasteiger partial charge in [-0.2, -0.15) is 10.4 Å². The van der Waals surface area contributed by atoms with Gasteiger partial charge in [-0.1, -0.05) is 0 Å². The van der Waals surface area contributed by atoms with Crippen LogP contribution in [0, 0.1) is 28.7 Å². The summed E-state index contributed by atoms with van der Waals surface area (Å²) in [5.74, 6) is -0.137. The van der Waals surface area contributed by atoms with Gasteiger partial charge in [0.25, 0.3) is 0 Å². The summed E-state index contributed by atoms with van der Waals surface area (Å²) >= 11 is 3.79. The first kappa shape index (κ1) is 16.5. The Kier molecular flexibility index (Phi) is 4.73. The lowest BCUT2D eigenvalue weighted by atomic mass is 9.96. The van der Waals surface area contributed by atoms with Crippen molar-refractivity contribution in [2.24, 2.45) is 0 Å². The number of nitrogens with one attached hydrogen (secondary N) is 1. The summed E-state index contributed by atoms with van der Waals surface area (Å²) in [7, 11) is 0. The van der Waals surface area contributed by atoms with Crippen molar-refractivity contribution in [2.45, 2.75) is 46.1 Å². The van der Waals surface area contributed by atoms with Gasteiger partial charge in [0.05, 0.1) is 14.8 Å². The van der Waals surface area contributed by atoms with E-state index in [1.807, 2.05) is 13.8 Å². The van der Waals surface area contributed by atoms with Gasteiger partial charge in [0.15, 0.2) is 0 Å². The lowest BCUT2D eigenvalue weighted by Gasteiger charge is -2.09. The molecule has 0 aliphatic heterocycles. The second-order valence-electron chi connectivity index (χ2n) is 5.72. The Morgan fingerprint density at radius 1 is 1.43 bits per heavy atom. The van der Waals surface area contributed by atoms with E-state index in [0.29, 0.717) is 10.6 Å². The van der Waals surface area contributed by atoms with Gasteiger partial charge in [-0.25, -0.2) is 0 Å². The Balaban J connectivity index is 1.79. The third kappa shape index (κ3) is 3.15. The molecular formula is C16H17IN4OS. The third-order valence-corrected chi connectivity index (χ3v) is 6.89. The van der Waals surface area contributed by atoms with Gasteiger partial charge >= 0.3 is 0 Å². The van der Waals surface area contributed by atoms with Crippen LogP contribution in [-0.2, 0) is 24.2 Å². The van der Waals surface area contributed by atoms with Crippen LogP contribution < -0.4 is 5.32 Å². The summed E-state index contributed by atoms with van der Waals surface area (Å²) in [4.78, 5) is 13.6. The Bertz CT molecular complexity index is 815. The molecule has 1 N–H and O–H groups in total. The van der Waals surface area contributed by atoms with E-state index in [0.717, 1.165) is 46.2 Å². The van der Waals surface area contributed by atoms with Crippen molar-refractivity contribution >= 4 is 44.8 Å². The van der Waals surface area contributed by atoms with Crippen LogP contribution in [0.15, 0.2) is 0 Å². The van der Waals surface area contributed by atoms with Crippen molar-refractivity contribution in [2.75, 3.05) is 5.32 Å². The Morgan fingerprint density at radius 2 is 2.17 bits per heavy atom. The van der Waals surface area contributed by atoms with Gasteiger partial charge in [-0.3, -0.25) is 9.48 Å². The zero-order chi connectivity index (χ0) is 16.6. The largest absolute Gasteiger partial charge is 0.315 e. The van der Waals surface area contributed by atoms with Gasteiger partial charge in [0.1, 0.15) is 17.6 Å². The number of thiophene rings is 1. The number of anilines is 1. The summed E-state index contributed by atoms with van der Waals surface area (Å²) in [5.41, 5.74) is 3.71. The number of hydrogen-bond acceptors (Lipinski definition) is 4. The standard InChI is InChI=1S/C16H17IN4OS/c1-9-15(17)10(2)21(20-9)8-14(22)19-16-12(7-18)11-5-3-4-6-13(11)23-16/h3-6,8H2,1-2H3,(H,19,22). The van der Waals surface area contributed by atoms with Crippen molar-refractivity contribution in [3.05, 3.63) is 31.0 Å². The second kappa shape index (κ2) is 6.61. The van der Waals surface area contributed by atoms with E-state index in [-0.39, 0.29) is 12.5 Å². The molecule has 120 valence electrons. The van der Waals surface area contributed by atoms with Gasteiger partial charge in [0, 0.05) is 10.6 Å². The lowest BCUT2D eigenvalue weighted by Crippen LogP contribution is -2.20. The highest BCUT2D eigenvalue weighted by molar-refractivity contribution is 14.1. The molecule has 2 heterocycles. The fraction of sp³-hybridized carbons (Fsp3) is 0.438. The number of fused-ring (bicyclic) bond motifs is 1. The highest BCUT2D eigenvalue weighted by Gasteiger charge is 2.22. The molecule has 2 aromatic rings. The molecule has 0 aromatic carbocycles. The molecule has 0 saturated carbocycles. The summed E-state index contributed by atoms with van der Waals surface area (Å²) < 4.78 is 2.80. The van der Waals surface area contributed by atoms with E-state index in [4.69, 9.17) is 0 Å². The monoisotopic (exact) mass is 440 g/mol. The van der Waals surface area contributed by atoms with Gasteiger partial charge in [-0.15, -0.1) is 11.3 Å². The van der Waals surface area contributed by atoms with Crippen molar-refractivity contribution < 1.29 is 4.79 Å². The topological polar surface area (TPSA) is 70.7 Å². The van der Waals surface area contributed by atoms with E-state index in [1.54, 1.807) is 16.0 Å². The van der Waals surface area contributed by atoms with E-state index in [1.165, 1.54) is 4.88 Å². The Hall–Kier alpha value is -1.40. The number of aromatic nitrogens is 2. The Labute approximate surface area is 152 Å². The fourth-order valence-electron chi connectivity index (χ4n) is 2.90. The first-order valence-electron chi connectivity index (χ1n) is 7.55. The average Bonchev–Trinajstić information content (AvgIpc) is 2.99. The number of carbonyl (C=O) groups is 1. The van der Waals surface area contributed by atoms with Crippen LogP contribution in [0.1, 0.15) is 40.2 Å². The maximum Gasteiger partial charge on any atom is 0.246 e. The summed E-state index contributed by atoms with van der Waals surface area (Å²) in [5, 5.41) is 17.4. The molecule has 0 atom stereocenters. The van der Waals surface area contributed by atoms with Crippen LogP contribution in [0.4, 0.5) is 5.00 Å². The number of aryl methyl sites for hydroxylation is 2. The maximum absolute atomic E-state index is 12.4. The van der Waals surface area contributed by atoms with E-state index >= 15 is 0 Å². The molecule has 2 aromatic heterocycles. The average molecular weight is 440 g/mol. The molecule has 1 amide bonds. The van der Waals surface area contributed by atoms with E-state index in [9.17, 15) is 10.1 Å². The molecule has 3 rings (SSSR count). The first-order chi connectivity index (χ1) is 11.0. The molecule has 0 unspecified atom stereocenters. The van der Waals surface area contributed by atoms with Crippen LogP contribution in [0.25, 0.3) is 0 Å². The molecule has 0 saturated heterocycles. The zero-order valence-corrected chi connectivity index (χ0v) is 16.0. The minimum absolute atomic E-state index is 0.137. The molecule has 23 heavy (non-hydrogen) atoms. The van der Waals surface area contributed by atoms with Crippen LogP contribution >= 0.6 is 33.9 Å². The van der Waals surface area contributed by atoms with Crippen LogP contribution in [-0.4, -0.2) is 15.7 Å². The molecule has 0 spiro atoms. The van der Waals surface area contributed by atoms with Gasteiger partial charge < -0.3 is 5.32 Å². The summed E-state index contributed by atoms with van der Waals surface area (Å²) in [6.45, 7) is 4.06. The number of nitriles is 1. The lowest BCUT2D eigenvalue weighted by molar-refractivity contribution is -0.116. The summed E-state index contributed by atoms with van der Waals surface area (Å²) in [6, 6.07) is 2.27. The minimum atomic E-state index is -0.137. The quantitative estimate of drug-likeness (QED) is 0.743. The third-order valence-electron chi connectivity index (χ3n) is 4.12. The molecule has 0 radical (unpaired) electrons.